The summed E-state index contributed by atoms with van der Waals surface area (Å²) >= 11 is 0. The molecule has 1 aromatic rings. The first-order valence-corrected chi connectivity index (χ1v) is 9.68. The number of nitrogens with one attached hydrogen (secondary N) is 1. The minimum Gasteiger partial charge on any atom is -0.342 e. The number of amides is 3. The molecule has 3 heterocycles. The normalized spacial score (nSPS) is 26.8. The molecule has 3 fully saturated rings. The molecule has 0 radical (unpaired) electrons. The number of piperidine rings is 1. The topological polar surface area (TPSA) is 55.9 Å². The molecule has 3 amide bonds. The summed E-state index contributed by atoms with van der Waals surface area (Å²) in [5, 5.41) is 2.93. The lowest BCUT2D eigenvalue weighted by Crippen LogP contribution is -2.45. The third kappa shape index (κ3) is 3.56. The fourth-order valence-electron chi connectivity index (χ4n) is 4.72. The number of rotatable bonds is 2. The van der Waals surface area contributed by atoms with Gasteiger partial charge in [-0.1, -0.05) is 18.2 Å². The van der Waals surface area contributed by atoms with Crippen molar-refractivity contribution in [2.75, 3.05) is 51.6 Å². The predicted octanol–water partition coefficient (Wildman–Crippen LogP) is 1.95. The lowest BCUT2D eigenvalue weighted by Gasteiger charge is -2.33. The van der Waals surface area contributed by atoms with Gasteiger partial charge in [-0.25, -0.2) is 4.79 Å². The molecule has 0 saturated carbocycles. The van der Waals surface area contributed by atoms with E-state index in [-0.39, 0.29) is 11.9 Å². The number of benzene rings is 1. The lowest BCUT2D eigenvalue weighted by molar-refractivity contribution is -0.136. The summed E-state index contributed by atoms with van der Waals surface area (Å²) in [5.41, 5.74) is 0.810. The van der Waals surface area contributed by atoms with Gasteiger partial charge in [-0.15, -0.1) is 0 Å². The fraction of sp³-hybridized carbons (Fsp3) is 0.600. The minimum atomic E-state index is -0.0687. The second kappa shape index (κ2) is 7.27. The molecule has 0 bridgehead atoms. The van der Waals surface area contributed by atoms with Crippen molar-refractivity contribution < 1.29 is 9.59 Å². The molecule has 0 aliphatic carbocycles. The molecule has 3 saturated heterocycles. The highest BCUT2D eigenvalue weighted by molar-refractivity contribution is 5.89. The highest BCUT2D eigenvalue weighted by Gasteiger charge is 2.42. The molecule has 1 N–H and O–H groups in total. The molecule has 0 aromatic heterocycles. The van der Waals surface area contributed by atoms with Crippen LogP contribution in [0.25, 0.3) is 0 Å². The maximum Gasteiger partial charge on any atom is 0.321 e. The summed E-state index contributed by atoms with van der Waals surface area (Å²) in [6.45, 7) is 5.38. The number of carbonyl (C=O) groups is 2. The standard InChI is InChI=1S/C20H28N4O2/c1-22-11-16-13-24(14-17(16)12-22)19(25)15-7-9-23(10-8-15)20(26)21-18-5-3-2-4-6-18/h2-6,15-17H,7-14H2,1H3,(H,21,26)/t16-,17+. The van der Waals surface area contributed by atoms with Gasteiger partial charge in [0.1, 0.15) is 0 Å². The van der Waals surface area contributed by atoms with Gasteiger partial charge in [0.2, 0.25) is 5.91 Å². The average Bonchev–Trinajstić information content (AvgIpc) is 3.19. The van der Waals surface area contributed by atoms with Crippen LogP contribution in [0, 0.1) is 17.8 Å². The molecular formula is C20H28N4O2. The number of likely N-dealkylation sites (tertiary alicyclic amines) is 3. The van der Waals surface area contributed by atoms with E-state index >= 15 is 0 Å². The largest absolute Gasteiger partial charge is 0.342 e. The molecule has 140 valence electrons. The van der Waals surface area contributed by atoms with Crippen LogP contribution in [0.5, 0.6) is 0 Å². The van der Waals surface area contributed by atoms with Gasteiger partial charge in [-0.05, 0) is 43.9 Å². The summed E-state index contributed by atoms with van der Waals surface area (Å²) in [5.74, 6) is 1.69. The molecule has 6 nitrogen and oxygen atoms in total. The smallest absolute Gasteiger partial charge is 0.321 e. The molecule has 4 rings (SSSR count). The van der Waals surface area contributed by atoms with Crippen LogP contribution in [0.1, 0.15) is 12.8 Å². The van der Waals surface area contributed by atoms with Crippen molar-refractivity contribution in [2.24, 2.45) is 17.8 Å². The van der Waals surface area contributed by atoms with Crippen molar-refractivity contribution in [1.82, 2.24) is 14.7 Å². The molecule has 0 unspecified atom stereocenters. The lowest BCUT2D eigenvalue weighted by atomic mass is 9.95. The SMILES string of the molecule is CN1C[C@@H]2CN(C(=O)C3CCN(C(=O)Nc4ccccc4)CC3)C[C@@H]2C1. The Morgan fingerprint density at radius 1 is 0.923 bits per heavy atom. The van der Waals surface area contributed by atoms with Gasteiger partial charge in [-0.2, -0.15) is 0 Å². The second-order valence-electron chi connectivity index (χ2n) is 8.04. The van der Waals surface area contributed by atoms with Crippen LogP contribution in [0.15, 0.2) is 30.3 Å². The number of para-hydroxylation sites is 1. The molecule has 3 aliphatic rings. The van der Waals surface area contributed by atoms with Gasteiger partial charge in [0.25, 0.3) is 0 Å². The number of fused-ring (bicyclic) bond motifs is 1. The van der Waals surface area contributed by atoms with E-state index in [1.165, 1.54) is 0 Å². The van der Waals surface area contributed by atoms with Gasteiger partial charge >= 0.3 is 6.03 Å². The maximum absolute atomic E-state index is 12.9. The fourth-order valence-corrected chi connectivity index (χ4v) is 4.72. The highest BCUT2D eigenvalue weighted by Crippen LogP contribution is 2.32. The third-order valence-electron chi connectivity index (χ3n) is 6.14. The molecular weight excluding hydrogens is 328 g/mol. The van der Waals surface area contributed by atoms with Crippen molar-refractivity contribution in [1.29, 1.82) is 0 Å². The first kappa shape index (κ1) is 17.3. The number of hydrogen-bond acceptors (Lipinski definition) is 3. The molecule has 0 spiro atoms. The van der Waals surface area contributed by atoms with Gasteiger partial charge < -0.3 is 20.0 Å². The van der Waals surface area contributed by atoms with Crippen LogP contribution in [-0.4, -0.2) is 73.0 Å². The first-order valence-electron chi connectivity index (χ1n) is 9.68. The Balaban J connectivity index is 1.26. The number of urea groups is 1. The zero-order valence-electron chi connectivity index (χ0n) is 15.4. The number of nitrogens with zero attached hydrogens (tertiary/aromatic N) is 3. The summed E-state index contributed by atoms with van der Waals surface area (Å²) in [7, 11) is 2.17. The monoisotopic (exact) mass is 356 g/mol. The summed E-state index contributed by atoms with van der Waals surface area (Å²) < 4.78 is 0. The Morgan fingerprint density at radius 2 is 1.54 bits per heavy atom. The van der Waals surface area contributed by atoms with E-state index in [0.29, 0.717) is 30.8 Å². The zero-order chi connectivity index (χ0) is 18.1. The minimum absolute atomic E-state index is 0.0687. The van der Waals surface area contributed by atoms with Gasteiger partial charge in [0, 0.05) is 50.9 Å². The van der Waals surface area contributed by atoms with Gasteiger partial charge in [0.05, 0.1) is 0 Å². The van der Waals surface area contributed by atoms with Crippen molar-refractivity contribution in [3.63, 3.8) is 0 Å². The predicted molar refractivity (Wildman–Crippen MR) is 101 cm³/mol. The Morgan fingerprint density at radius 3 is 2.15 bits per heavy atom. The van der Waals surface area contributed by atoms with Crippen LogP contribution in [-0.2, 0) is 4.79 Å². The molecule has 2 atom stereocenters. The van der Waals surface area contributed by atoms with E-state index in [9.17, 15) is 9.59 Å². The number of hydrogen-bond donors (Lipinski definition) is 1. The number of carbonyl (C=O) groups excluding carboxylic acids is 2. The Hall–Kier alpha value is -2.08. The van der Waals surface area contributed by atoms with Crippen LogP contribution in [0.3, 0.4) is 0 Å². The van der Waals surface area contributed by atoms with Crippen LogP contribution in [0.4, 0.5) is 10.5 Å². The molecule has 1 aromatic carbocycles. The Kier molecular flexibility index (Phi) is 4.85. The van der Waals surface area contributed by atoms with Crippen LogP contribution < -0.4 is 5.32 Å². The van der Waals surface area contributed by atoms with Crippen molar-refractivity contribution in [3.05, 3.63) is 30.3 Å². The third-order valence-corrected chi connectivity index (χ3v) is 6.14. The van der Waals surface area contributed by atoms with Crippen molar-refractivity contribution >= 4 is 17.6 Å². The highest BCUT2D eigenvalue weighted by atomic mass is 16.2. The number of anilines is 1. The Labute approximate surface area is 155 Å². The van der Waals surface area contributed by atoms with E-state index in [1.807, 2.05) is 35.2 Å². The van der Waals surface area contributed by atoms with Crippen molar-refractivity contribution in [3.8, 4) is 0 Å². The van der Waals surface area contributed by atoms with Gasteiger partial charge in [0.15, 0.2) is 0 Å². The van der Waals surface area contributed by atoms with Crippen molar-refractivity contribution in [2.45, 2.75) is 12.8 Å². The molecule has 3 aliphatic heterocycles. The van der Waals surface area contributed by atoms with E-state index < -0.39 is 0 Å². The summed E-state index contributed by atoms with van der Waals surface area (Å²) in [4.78, 5) is 31.5. The quantitative estimate of drug-likeness (QED) is 0.881. The summed E-state index contributed by atoms with van der Waals surface area (Å²) in [6.07, 6.45) is 1.54. The average molecular weight is 356 g/mol. The van der Waals surface area contributed by atoms with Gasteiger partial charge in [-0.3, -0.25) is 4.79 Å². The van der Waals surface area contributed by atoms with E-state index in [4.69, 9.17) is 0 Å². The second-order valence-corrected chi connectivity index (χ2v) is 8.04. The van der Waals surface area contributed by atoms with Crippen LogP contribution >= 0.6 is 0 Å². The molecule has 26 heavy (non-hydrogen) atoms. The molecule has 6 heteroatoms. The maximum atomic E-state index is 12.9. The summed E-state index contributed by atoms with van der Waals surface area (Å²) in [6, 6.07) is 9.44. The first-order chi connectivity index (χ1) is 12.6. The van der Waals surface area contributed by atoms with E-state index in [1.54, 1.807) is 0 Å². The van der Waals surface area contributed by atoms with E-state index in [0.717, 1.165) is 44.7 Å². The zero-order valence-corrected chi connectivity index (χ0v) is 15.4. The van der Waals surface area contributed by atoms with E-state index in [2.05, 4.69) is 22.2 Å². The Bertz CT molecular complexity index is 643. The van der Waals surface area contributed by atoms with Crippen LogP contribution in [0.2, 0.25) is 0 Å².